The van der Waals surface area contributed by atoms with Crippen LogP contribution in [-0.2, 0) is 0 Å². The Balaban J connectivity index is 1.99. The van der Waals surface area contributed by atoms with Gasteiger partial charge >= 0.3 is 0 Å². The highest BCUT2D eigenvalue weighted by Gasteiger charge is 2.15. The molecule has 0 fully saturated rings. The maximum Gasteiger partial charge on any atom is 0.222 e. The van der Waals surface area contributed by atoms with Crippen LogP contribution in [0.25, 0.3) is 21.9 Å². The van der Waals surface area contributed by atoms with Gasteiger partial charge in [-0.3, -0.25) is 0 Å². The van der Waals surface area contributed by atoms with E-state index in [1.54, 1.807) is 18.0 Å². The third-order valence-electron chi connectivity index (χ3n) is 3.38. The third-order valence-corrected chi connectivity index (χ3v) is 4.44. The standard InChI is InChI=1S/C16H12N4OS/c17-15-13-11(19-16(18)20-15)8-12(10-6-7-21-14(10)13)22-9-4-2-1-3-5-9/h1-8H,(H4,17,18,19,20). The van der Waals surface area contributed by atoms with Crippen LogP contribution in [0.1, 0.15) is 0 Å². The molecule has 6 heteroatoms. The number of fused-ring (bicyclic) bond motifs is 3. The maximum absolute atomic E-state index is 5.99. The molecule has 0 unspecified atom stereocenters. The summed E-state index contributed by atoms with van der Waals surface area (Å²) in [6, 6.07) is 14.0. The van der Waals surface area contributed by atoms with Crippen LogP contribution in [0.2, 0.25) is 0 Å². The number of nitrogens with zero attached hydrogens (tertiary/aromatic N) is 2. The zero-order valence-electron chi connectivity index (χ0n) is 11.5. The van der Waals surface area contributed by atoms with Gasteiger partial charge in [-0.2, -0.15) is 4.98 Å². The first-order chi connectivity index (χ1) is 10.7. The molecule has 2 aromatic heterocycles. The highest BCUT2D eigenvalue weighted by molar-refractivity contribution is 7.99. The highest BCUT2D eigenvalue weighted by atomic mass is 32.2. The van der Waals surface area contributed by atoms with Crippen molar-refractivity contribution < 1.29 is 4.42 Å². The Morgan fingerprint density at radius 1 is 1.00 bits per heavy atom. The van der Waals surface area contributed by atoms with Gasteiger partial charge in [0.25, 0.3) is 0 Å². The summed E-state index contributed by atoms with van der Waals surface area (Å²) >= 11 is 1.65. The minimum atomic E-state index is 0.159. The number of benzene rings is 2. The molecular weight excluding hydrogens is 296 g/mol. The maximum atomic E-state index is 5.99. The van der Waals surface area contributed by atoms with Gasteiger partial charge in [0, 0.05) is 15.2 Å². The molecule has 0 aliphatic heterocycles. The summed E-state index contributed by atoms with van der Waals surface area (Å²) in [4.78, 5) is 10.5. The molecule has 0 saturated carbocycles. The molecule has 4 N–H and O–H groups in total. The van der Waals surface area contributed by atoms with E-state index < -0.39 is 0 Å². The van der Waals surface area contributed by atoms with Crippen LogP contribution in [0.15, 0.2) is 62.9 Å². The summed E-state index contributed by atoms with van der Waals surface area (Å²) < 4.78 is 5.62. The summed E-state index contributed by atoms with van der Waals surface area (Å²) in [5.41, 5.74) is 13.1. The highest BCUT2D eigenvalue weighted by Crippen LogP contribution is 2.39. The average molecular weight is 308 g/mol. The Kier molecular flexibility index (Phi) is 2.90. The molecule has 2 aromatic carbocycles. The van der Waals surface area contributed by atoms with E-state index in [0.29, 0.717) is 22.3 Å². The fourth-order valence-electron chi connectivity index (χ4n) is 2.45. The molecule has 0 bridgehead atoms. The lowest BCUT2D eigenvalue weighted by molar-refractivity contribution is 0.619. The number of furan rings is 1. The largest absolute Gasteiger partial charge is 0.463 e. The predicted octanol–water partition coefficient (Wildman–Crippen LogP) is 3.69. The predicted molar refractivity (Wildman–Crippen MR) is 88.7 cm³/mol. The average Bonchev–Trinajstić information content (AvgIpc) is 2.97. The lowest BCUT2D eigenvalue weighted by Crippen LogP contribution is -2.00. The minimum absolute atomic E-state index is 0.159. The van der Waals surface area contributed by atoms with E-state index in [0.717, 1.165) is 15.2 Å². The van der Waals surface area contributed by atoms with E-state index in [-0.39, 0.29) is 5.95 Å². The van der Waals surface area contributed by atoms with E-state index in [9.17, 15) is 0 Å². The summed E-state index contributed by atoms with van der Waals surface area (Å²) in [7, 11) is 0. The van der Waals surface area contributed by atoms with Crippen LogP contribution in [0.5, 0.6) is 0 Å². The Labute approximate surface area is 130 Å². The smallest absolute Gasteiger partial charge is 0.222 e. The van der Waals surface area contributed by atoms with Crippen LogP contribution in [-0.4, -0.2) is 9.97 Å². The molecule has 0 amide bonds. The van der Waals surface area contributed by atoms with Gasteiger partial charge in [0.15, 0.2) is 0 Å². The summed E-state index contributed by atoms with van der Waals surface area (Å²) in [5.74, 6) is 0.491. The molecule has 2 heterocycles. The second-order valence-electron chi connectivity index (χ2n) is 4.81. The van der Waals surface area contributed by atoms with Gasteiger partial charge < -0.3 is 15.9 Å². The van der Waals surface area contributed by atoms with Crippen molar-refractivity contribution >= 4 is 45.4 Å². The number of nitrogens with two attached hydrogens (primary N) is 2. The van der Waals surface area contributed by atoms with Crippen molar-refractivity contribution in [2.75, 3.05) is 11.5 Å². The van der Waals surface area contributed by atoms with Gasteiger partial charge in [-0.1, -0.05) is 30.0 Å². The summed E-state index contributed by atoms with van der Waals surface area (Å²) in [6.45, 7) is 0. The number of anilines is 2. The lowest BCUT2D eigenvalue weighted by atomic mass is 10.1. The normalized spacial score (nSPS) is 11.3. The molecule has 5 nitrogen and oxygen atoms in total. The van der Waals surface area contributed by atoms with Gasteiger partial charge in [0.05, 0.1) is 17.2 Å². The van der Waals surface area contributed by atoms with Gasteiger partial charge in [0.2, 0.25) is 5.95 Å². The molecular formula is C16H12N4OS. The molecule has 0 atom stereocenters. The topological polar surface area (TPSA) is 91.0 Å². The zero-order chi connectivity index (χ0) is 15.1. The van der Waals surface area contributed by atoms with E-state index >= 15 is 0 Å². The molecule has 108 valence electrons. The van der Waals surface area contributed by atoms with Crippen LogP contribution >= 0.6 is 11.8 Å². The molecule has 0 saturated heterocycles. The van der Waals surface area contributed by atoms with Crippen molar-refractivity contribution in [3.8, 4) is 0 Å². The Morgan fingerprint density at radius 3 is 2.64 bits per heavy atom. The lowest BCUT2D eigenvalue weighted by Gasteiger charge is -2.07. The Morgan fingerprint density at radius 2 is 1.82 bits per heavy atom. The Hall–Kier alpha value is -2.73. The van der Waals surface area contributed by atoms with Crippen LogP contribution in [0.4, 0.5) is 11.8 Å². The van der Waals surface area contributed by atoms with E-state index in [1.807, 2.05) is 30.3 Å². The molecule has 0 radical (unpaired) electrons. The fraction of sp³-hybridized carbons (Fsp3) is 0. The van der Waals surface area contributed by atoms with E-state index in [1.165, 1.54) is 0 Å². The second-order valence-corrected chi connectivity index (χ2v) is 5.93. The van der Waals surface area contributed by atoms with Gasteiger partial charge in [-0.15, -0.1) is 0 Å². The number of hydrogen-bond acceptors (Lipinski definition) is 6. The number of hydrogen-bond donors (Lipinski definition) is 2. The second kappa shape index (κ2) is 4.92. The fourth-order valence-corrected chi connectivity index (χ4v) is 3.44. The van der Waals surface area contributed by atoms with Crippen molar-refractivity contribution in [1.82, 2.24) is 9.97 Å². The van der Waals surface area contributed by atoms with Gasteiger partial charge in [0.1, 0.15) is 11.4 Å². The molecule has 0 aliphatic rings. The molecule has 4 aromatic rings. The quantitative estimate of drug-likeness (QED) is 0.587. The van der Waals surface area contributed by atoms with Crippen LogP contribution < -0.4 is 11.5 Å². The monoisotopic (exact) mass is 308 g/mol. The van der Waals surface area contributed by atoms with Gasteiger partial charge in [-0.25, -0.2) is 4.98 Å². The first-order valence-electron chi connectivity index (χ1n) is 6.68. The van der Waals surface area contributed by atoms with E-state index in [4.69, 9.17) is 15.9 Å². The third kappa shape index (κ3) is 2.05. The number of aromatic nitrogens is 2. The molecule has 0 spiro atoms. The first kappa shape index (κ1) is 13.0. The Bertz CT molecular complexity index is 982. The first-order valence-corrected chi connectivity index (χ1v) is 7.50. The van der Waals surface area contributed by atoms with Crippen molar-refractivity contribution in [3.05, 3.63) is 48.7 Å². The van der Waals surface area contributed by atoms with Crippen molar-refractivity contribution in [2.45, 2.75) is 9.79 Å². The molecule has 0 aliphatic carbocycles. The van der Waals surface area contributed by atoms with E-state index in [2.05, 4.69) is 22.1 Å². The molecule has 22 heavy (non-hydrogen) atoms. The van der Waals surface area contributed by atoms with Crippen LogP contribution in [0.3, 0.4) is 0 Å². The SMILES string of the molecule is Nc1nc(N)c2c(cc(Sc3ccccc3)c3ccoc32)n1. The van der Waals surface area contributed by atoms with Crippen molar-refractivity contribution in [2.24, 2.45) is 0 Å². The minimum Gasteiger partial charge on any atom is -0.463 e. The number of rotatable bonds is 2. The molecule has 4 rings (SSSR count). The number of nitrogen functional groups attached to an aromatic ring is 2. The summed E-state index contributed by atoms with van der Waals surface area (Å²) in [5, 5.41) is 1.69. The summed E-state index contributed by atoms with van der Waals surface area (Å²) in [6.07, 6.45) is 1.65. The van der Waals surface area contributed by atoms with Crippen molar-refractivity contribution in [3.63, 3.8) is 0 Å². The zero-order valence-corrected chi connectivity index (χ0v) is 12.3. The van der Waals surface area contributed by atoms with Crippen LogP contribution in [0, 0.1) is 0 Å². The van der Waals surface area contributed by atoms with Gasteiger partial charge in [-0.05, 0) is 24.3 Å². The van der Waals surface area contributed by atoms with Crippen molar-refractivity contribution in [1.29, 1.82) is 0 Å².